The highest BCUT2D eigenvalue weighted by atomic mass is 127. The third-order valence-electron chi connectivity index (χ3n) is 2.19. The molecule has 0 aliphatic heterocycles. The third kappa shape index (κ3) is 1.65. The van der Waals surface area contributed by atoms with E-state index >= 15 is 0 Å². The SMILES string of the molecule is O=C(O)c1cc(O)c(I)c2ccccc12. The molecule has 2 rings (SSSR count). The summed E-state index contributed by atoms with van der Waals surface area (Å²) in [4.78, 5) is 11.0. The van der Waals surface area contributed by atoms with E-state index in [1.54, 1.807) is 18.2 Å². The van der Waals surface area contributed by atoms with E-state index in [9.17, 15) is 9.90 Å². The summed E-state index contributed by atoms with van der Waals surface area (Å²) in [5.41, 5.74) is 0.128. The van der Waals surface area contributed by atoms with Crippen molar-refractivity contribution < 1.29 is 15.0 Å². The lowest BCUT2D eigenvalue weighted by Gasteiger charge is -2.06. The Morgan fingerprint density at radius 1 is 1.20 bits per heavy atom. The summed E-state index contributed by atoms with van der Waals surface area (Å²) in [6.45, 7) is 0. The Labute approximate surface area is 99.5 Å². The fourth-order valence-electron chi connectivity index (χ4n) is 1.50. The number of carboxylic acid groups (broad SMARTS) is 1. The Bertz CT molecular complexity index is 549. The highest BCUT2D eigenvalue weighted by Gasteiger charge is 2.13. The van der Waals surface area contributed by atoms with Gasteiger partial charge in [0, 0.05) is 0 Å². The number of halogens is 1. The zero-order valence-electron chi connectivity index (χ0n) is 7.57. The van der Waals surface area contributed by atoms with E-state index in [2.05, 4.69) is 0 Å². The summed E-state index contributed by atoms with van der Waals surface area (Å²) in [5, 5.41) is 20.0. The van der Waals surface area contributed by atoms with E-state index in [1.165, 1.54) is 6.07 Å². The van der Waals surface area contributed by atoms with Crippen LogP contribution >= 0.6 is 22.6 Å². The number of aromatic hydroxyl groups is 1. The van der Waals surface area contributed by atoms with Crippen LogP contribution in [0.5, 0.6) is 5.75 Å². The highest BCUT2D eigenvalue weighted by Crippen LogP contribution is 2.31. The van der Waals surface area contributed by atoms with Crippen LogP contribution in [0.1, 0.15) is 10.4 Å². The molecule has 3 nitrogen and oxygen atoms in total. The fraction of sp³-hybridized carbons (Fsp3) is 0. The van der Waals surface area contributed by atoms with Crippen molar-refractivity contribution in [3.63, 3.8) is 0 Å². The van der Waals surface area contributed by atoms with Crippen LogP contribution in [0.15, 0.2) is 30.3 Å². The zero-order valence-corrected chi connectivity index (χ0v) is 9.72. The van der Waals surface area contributed by atoms with E-state index in [1.807, 2.05) is 28.7 Å². The zero-order chi connectivity index (χ0) is 11.0. The van der Waals surface area contributed by atoms with Gasteiger partial charge in [0.25, 0.3) is 0 Å². The van der Waals surface area contributed by atoms with Crippen molar-refractivity contribution in [2.24, 2.45) is 0 Å². The van der Waals surface area contributed by atoms with Gasteiger partial charge < -0.3 is 10.2 Å². The van der Waals surface area contributed by atoms with Crippen LogP contribution in [-0.2, 0) is 0 Å². The summed E-state index contributed by atoms with van der Waals surface area (Å²) in [6.07, 6.45) is 0. The molecule has 0 radical (unpaired) electrons. The molecule has 76 valence electrons. The first-order chi connectivity index (χ1) is 7.11. The van der Waals surface area contributed by atoms with Crippen molar-refractivity contribution in [1.29, 1.82) is 0 Å². The van der Waals surface area contributed by atoms with Crippen molar-refractivity contribution >= 4 is 39.3 Å². The van der Waals surface area contributed by atoms with Crippen LogP contribution in [0.3, 0.4) is 0 Å². The number of hydrogen-bond donors (Lipinski definition) is 2. The van der Waals surface area contributed by atoms with E-state index in [-0.39, 0.29) is 11.3 Å². The van der Waals surface area contributed by atoms with Gasteiger partial charge in [0.05, 0.1) is 9.13 Å². The number of fused-ring (bicyclic) bond motifs is 1. The Balaban J connectivity index is 2.94. The average Bonchev–Trinajstić information content (AvgIpc) is 2.23. The molecule has 0 saturated heterocycles. The number of phenolic OH excluding ortho intramolecular Hbond substituents is 1. The molecule has 0 saturated carbocycles. The molecule has 4 heteroatoms. The van der Waals surface area contributed by atoms with Crippen LogP contribution < -0.4 is 0 Å². The molecule has 0 amide bonds. The minimum Gasteiger partial charge on any atom is -0.507 e. The molecule has 0 aliphatic carbocycles. The van der Waals surface area contributed by atoms with E-state index < -0.39 is 5.97 Å². The molecule has 0 atom stereocenters. The number of benzene rings is 2. The molecule has 0 aliphatic rings. The second-order valence-electron chi connectivity index (χ2n) is 3.11. The van der Waals surface area contributed by atoms with Crippen LogP contribution in [-0.4, -0.2) is 16.2 Å². The molecule has 2 aromatic carbocycles. The first kappa shape index (κ1) is 10.2. The molecule has 0 unspecified atom stereocenters. The predicted octanol–water partition coefficient (Wildman–Crippen LogP) is 2.85. The average molecular weight is 314 g/mol. The van der Waals surface area contributed by atoms with Gasteiger partial charge in [-0.15, -0.1) is 0 Å². The van der Waals surface area contributed by atoms with Gasteiger partial charge in [-0.1, -0.05) is 24.3 Å². The Hall–Kier alpha value is -1.30. The second-order valence-corrected chi connectivity index (χ2v) is 4.19. The number of phenols is 1. The number of hydrogen-bond acceptors (Lipinski definition) is 2. The van der Waals surface area contributed by atoms with Gasteiger partial charge in [-0.05, 0) is 39.4 Å². The Kier molecular flexibility index (Phi) is 2.52. The normalized spacial score (nSPS) is 10.5. The van der Waals surface area contributed by atoms with Crippen molar-refractivity contribution in [2.75, 3.05) is 0 Å². The van der Waals surface area contributed by atoms with Gasteiger partial charge in [0.1, 0.15) is 5.75 Å². The fourth-order valence-corrected chi connectivity index (χ4v) is 2.13. The van der Waals surface area contributed by atoms with Crippen molar-refractivity contribution in [3.05, 3.63) is 39.5 Å². The first-order valence-corrected chi connectivity index (χ1v) is 5.32. The lowest BCUT2D eigenvalue weighted by atomic mass is 10.0. The lowest BCUT2D eigenvalue weighted by Crippen LogP contribution is -1.98. The smallest absolute Gasteiger partial charge is 0.336 e. The Morgan fingerprint density at radius 3 is 2.40 bits per heavy atom. The lowest BCUT2D eigenvalue weighted by molar-refractivity contribution is 0.0698. The number of carbonyl (C=O) groups is 1. The van der Waals surface area contributed by atoms with Crippen molar-refractivity contribution in [2.45, 2.75) is 0 Å². The topological polar surface area (TPSA) is 57.5 Å². The quantitative estimate of drug-likeness (QED) is 0.796. The summed E-state index contributed by atoms with van der Waals surface area (Å²) in [7, 11) is 0. The monoisotopic (exact) mass is 314 g/mol. The van der Waals surface area contributed by atoms with Gasteiger partial charge in [-0.2, -0.15) is 0 Å². The van der Waals surface area contributed by atoms with Crippen molar-refractivity contribution in [1.82, 2.24) is 0 Å². The summed E-state index contributed by atoms with van der Waals surface area (Å²) in [5.74, 6) is -1.02. The minimum atomic E-state index is -1.03. The maximum atomic E-state index is 11.0. The van der Waals surface area contributed by atoms with Gasteiger partial charge in [0.15, 0.2) is 0 Å². The standard InChI is InChI=1S/C11H7IO3/c12-10-7-4-2-1-3-6(7)8(11(14)15)5-9(10)13/h1-5,13H,(H,14,15). The number of rotatable bonds is 1. The summed E-state index contributed by atoms with van der Waals surface area (Å²) < 4.78 is 0.674. The van der Waals surface area contributed by atoms with Crippen molar-refractivity contribution in [3.8, 4) is 5.75 Å². The van der Waals surface area contributed by atoms with E-state index in [0.717, 1.165) is 5.39 Å². The van der Waals surface area contributed by atoms with Gasteiger partial charge >= 0.3 is 5.97 Å². The Morgan fingerprint density at radius 2 is 1.80 bits per heavy atom. The van der Waals surface area contributed by atoms with E-state index in [0.29, 0.717) is 8.96 Å². The predicted molar refractivity (Wildman–Crippen MR) is 65.3 cm³/mol. The first-order valence-electron chi connectivity index (χ1n) is 4.25. The van der Waals surface area contributed by atoms with Gasteiger partial charge in [0.2, 0.25) is 0 Å². The molecule has 15 heavy (non-hydrogen) atoms. The number of carboxylic acids is 1. The minimum absolute atomic E-state index is 0.00620. The largest absolute Gasteiger partial charge is 0.507 e. The molecule has 0 aromatic heterocycles. The maximum absolute atomic E-state index is 11.0. The van der Waals surface area contributed by atoms with Gasteiger partial charge in [-0.3, -0.25) is 0 Å². The highest BCUT2D eigenvalue weighted by molar-refractivity contribution is 14.1. The third-order valence-corrected chi connectivity index (χ3v) is 3.32. The summed E-state index contributed by atoms with van der Waals surface area (Å²) >= 11 is 2.00. The van der Waals surface area contributed by atoms with Crippen LogP contribution in [0.2, 0.25) is 0 Å². The number of aromatic carboxylic acids is 1. The summed E-state index contributed by atoms with van der Waals surface area (Å²) in [6, 6.07) is 8.41. The molecular weight excluding hydrogens is 307 g/mol. The second kappa shape index (κ2) is 3.69. The molecule has 0 heterocycles. The molecular formula is C11H7IO3. The van der Waals surface area contributed by atoms with E-state index in [4.69, 9.17) is 5.11 Å². The molecule has 2 aromatic rings. The van der Waals surface area contributed by atoms with Crippen LogP contribution in [0.25, 0.3) is 10.8 Å². The van der Waals surface area contributed by atoms with Gasteiger partial charge in [-0.25, -0.2) is 4.79 Å². The molecule has 2 N–H and O–H groups in total. The molecule has 0 fully saturated rings. The van der Waals surface area contributed by atoms with Crippen LogP contribution in [0, 0.1) is 3.57 Å². The van der Waals surface area contributed by atoms with Crippen LogP contribution in [0.4, 0.5) is 0 Å². The molecule has 0 spiro atoms. The molecule has 0 bridgehead atoms. The maximum Gasteiger partial charge on any atom is 0.336 e.